The Labute approximate surface area is 116 Å². The molecule has 7 nitrogen and oxygen atoms in total. The van der Waals surface area contributed by atoms with Gasteiger partial charge in [-0.3, -0.25) is 14.4 Å². The normalized spacial score (nSPS) is 10.8. The number of carbonyl (C=O) groups excluding carboxylic acids is 1. The van der Waals surface area contributed by atoms with Gasteiger partial charge < -0.3 is 21.7 Å². The van der Waals surface area contributed by atoms with E-state index in [0.29, 0.717) is 0 Å². The molecule has 0 bridgehead atoms. The van der Waals surface area contributed by atoms with Crippen molar-refractivity contribution >= 4 is 17.8 Å². The summed E-state index contributed by atoms with van der Waals surface area (Å²) in [5.41, 5.74) is 10.7. The summed E-state index contributed by atoms with van der Waals surface area (Å²) in [4.78, 5) is 30.3. The minimum atomic E-state index is -1.11. The van der Waals surface area contributed by atoms with Gasteiger partial charge in [0.25, 0.3) is 0 Å². The Balaban J connectivity index is 0.000000361. The molecule has 7 heteroatoms. The summed E-state index contributed by atoms with van der Waals surface area (Å²) >= 11 is 0. The molecule has 0 aromatic heterocycles. The zero-order valence-corrected chi connectivity index (χ0v) is 10.9. The number of nitrogens with two attached hydrogens (primary N) is 2. The number of hydrogen-bond acceptors (Lipinski definition) is 4. The highest BCUT2D eigenvalue weighted by Gasteiger charge is 2.11. The molecule has 1 amide bonds. The van der Waals surface area contributed by atoms with Gasteiger partial charge in [0.15, 0.2) is 0 Å². The second kappa shape index (κ2) is 9.51. The highest BCUT2D eigenvalue weighted by Crippen LogP contribution is 1.98. The topological polar surface area (TPSA) is 144 Å². The van der Waals surface area contributed by atoms with Gasteiger partial charge in [0.2, 0.25) is 5.91 Å². The molecule has 0 radical (unpaired) electrons. The number of amides is 1. The molecule has 20 heavy (non-hydrogen) atoms. The minimum absolute atomic E-state index is 0.0213. The van der Waals surface area contributed by atoms with E-state index in [9.17, 15) is 14.4 Å². The van der Waals surface area contributed by atoms with Gasteiger partial charge >= 0.3 is 11.9 Å². The average Bonchev–Trinajstić information content (AvgIpc) is 2.37. The van der Waals surface area contributed by atoms with Crippen molar-refractivity contribution < 1.29 is 24.6 Å². The lowest BCUT2D eigenvalue weighted by Gasteiger charge is -2.01. The van der Waals surface area contributed by atoms with E-state index in [1.165, 1.54) is 0 Å². The van der Waals surface area contributed by atoms with E-state index >= 15 is 0 Å². The fraction of sp³-hybridized carbons (Fsp3) is 0.308. The quantitative estimate of drug-likeness (QED) is 0.577. The Morgan fingerprint density at radius 1 is 1.10 bits per heavy atom. The van der Waals surface area contributed by atoms with Crippen LogP contribution in [-0.2, 0) is 20.8 Å². The molecular formula is C13H18N2O5. The molecule has 1 unspecified atom stereocenters. The van der Waals surface area contributed by atoms with E-state index in [4.69, 9.17) is 21.7 Å². The second-order valence-electron chi connectivity index (χ2n) is 4.01. The molecule has 1 aromatic rings. The first-order valence-electron chi connectivity index (χ1n) is 5.85. The van der Waals surface area contributed by atoms with E-state index in [1.54, 1.807) is 12.1 Å². The summed E-state index contributed by atoms with van der Waals surface area (Å²) in [6, 6.07) is 8.15. The lowest BCUT2D eigenvalue weighted by atomic mass is 10.2. The van der Waals surface area contributed by atoms with E-state index < -0.39 is 23.9 Å². The number of carbonyl (C=O) groups is 3. The minimum Gasteiger partial charge on any atom is -0.481 e. The molecule has 110 valence electrons. The standard InChI is InChI=1S/C8H8O2.C5H10N2O3/c9-8(10)6-7-4-2-1-3-5-7;6-3(5(9)10)1-2-4(7)8/h1-5H,6H2,(H,9,10);3H,1-2,6H2,(H2,7,8)(H,9,10). The van der Waals surface area contributed by atoms with Crippen molar-refractivity contribution in [2.45, 2.75) is 25.3 Å². The van der Waals surface area contributed by atoms with E-state index in [-0.39, 0.29) is 19.3 Å². The molecular weight excluding hydrogens is 264 g/mol. The molecule has 0 saturated heterocycles. The van der Waals surface area contributed by atoms with Gasteiger partial charge in [0.05, 0.1) is 6.42 Å². The van der Waals surface area contributed by atoms with Crippen LogP contribution in [0.25, 0.3) is 0 Å². The van der Waals surface area contributed by atoms with Crippen LogP contribution in [0.5, 0.6) is 0 Å². The van der Waals surface area contributed by atoms with Gasteiger partial charge in [-0.1, -0.05) is 30.3 Å². The third-order valence-corrected chi connectivity index (χ3v) is 2.22. The van der Waals surface area contributed by atoms with E-state index in [1.807, 2.05) is 18.2 Å². The molecule has 0 fully saturated rings. The Morgan fingerprint density at radius 3 is 2.05 bits per heavy atom. The van der Waals surface area contributed by atoms with Crippen molar-refractivity contribution in [3.8, 4) is 0 Å². The maximum atomic E-state index is 10.2. The van der Waals surface area contributed by atoms with Crippen molar-refractivity contribution in [2.24, 2.45) is 11.5 Å². The molecule has 0 saturated carbocycles. The summed E-state index contributed by atoms with van der Waals surface area (Å²) in [6.45, 7) is 0. The summed E-state index contributed by atoms with van der Waals surface area (Å²) in [5, 5.41) is 16.6. The maximum absolute atomic E-state index is 10.2. The molecule has 1 aromatic carbocycles. The highest BCUT2D eigenvalue weighted by molar-refractivity contribution is 5.77. The molecule has 1 atom stereocenters. The Bertz CT molecular complexity index is 447. The number of carboxylic acid groups (broad SMARTS) is 2. The van der Waals surface area contributed by atoms with E-state index in [2.05, 4.69) is 0 Å². The highest BCUT2D eigenvalue weighted by atomic mass is 16.4. The molecule has 0 spiro atoms. The number of carboxylic acids is 2. The van der Waals surface area contributed by atoms with Gasteiger partial charge in [-0.2, -0.15) is 0 Å². The van der Waals surface area contributed by atoms with Crippen molar-refractivity contribution in [3.63, 3.8) is 0 Å². The zero-order chi connectivity index (χ0) is 15.5. The first kappa shape index (κ1) is 17.6. The van der Waals surface area contributed by atoms with Crippen molar-refractivity contribution in [2.75, 3.05) is 0 Å². The Hall–Kier alpha value is -2.41. The summed E-state index contributed by atoms with van der Waals surface area (Å²) in [6.07, 6.45) is 0.235. The van der Waals surface area contributed by atoms with Crippen molar-refractivity contribution in [3.05, 3.63) is 35.9 Å². The predicted molar refractivity (Wildman–Crippen MR) is 71.8 cm³/mol. The average molecular weight is 282 g/mol. The summed E-state index contributed by atoms with van der Waals surface area (Å²) in [7, 11) is 0. The van der Waals surface area contributed by atoms with Crippen LogP contribution in [0.2, 0.25) is 0 Å². The second-order valence-corrected chi connectivity index (χ2v) is 4.01. The van der Waals surface area contributed by atoms with Gasteiger partial charge in [-0.05, 0) is 12.0 Å². The monoisotopic (exact) mass is 282 g/mol. The first-order valence-corrected chi connectivity index (χ1v) is 5.85. The number of rotatable bonds is 6. The van der Waals surface area contributed by atoms with Crippen LogP contribution >= 0.6 is 0 Å². The predicted octanol–water partition coefficient (Wildman–Crippen LogP) is -0.0225. The van der Waals surface area contributed by atoms with Crippen LogP contribution in [0.1, 0.15) is 18.4 Å². The smallest absolute Gasteiger partial charge is 0.320 e. The number of aliphatic carboxylic acids is 2. The van der Waals surface area contributed by atoms with Crippen LogP contribution in [0, 0.1) is 0 Å². The van der Waals surface area contributed by atoms with E-state index in [0.717, 1.165) is 5.56 Å². The van der Waals surface area contributed by atoms with Crippen LogP contribution in [0.4, 0.5) is 0 Å². The van der Waals surface area contributed by atoms with Gasteiger partial charge in [-0.25, -0.2) is 0 Å². The van der Waals surface area contributed by atoms with Crippen molar-refractivity contribution in [1.29, 1.82) is 0 Å². The van der Waals surface area contributed by atoms with Crippen LogP contribution in [0.3, 0.4) is 0 Å². The third kappa shape index (κ3) is 9.60. The zero-order valence-electron chi connectivity index (χ0n) is 10.9. The van der Waals surface area contributed by atoms with Crippen LogP contribution < -0.4 is 11.5 Å². The Morgan fingerprint density at radius 2 is 1.65 bits per heavy atom. The third-order valence-electron chi connectivity index (χ3n) is 2.22. The van der Waals surface area contributed by atoms with Crippen molar-refractivity contribution in [1.82, 2.24) is 0 Å². The number of benzene rings is 1. The SMILES string of the molecule is NC(=O)CCC(N)C(=O)O.O=C(O)Cc1ccccc1. The van der Waals surface area contributed by atoms with Gasteiger partial charge in [0, 0.05) is 6.42 Å². The lowest BCUT2D eigenvalue weighted by molar-refractivity contribution is -0.139. The molecule has 0 heterocycles. The fourth-order valence-electron chi connectivity index (χ4n) is 1.19. The summed E-state index contributed by atoms with van der Waals surface area (Å²) < 4.78 is 0. The molecule has 1 rings (SSSR count). The van der Waals surface area contributed by atoms with Crippen LogP contribution in [-0.4, -0.2) is 34.1 Å². The number of primary amides is 1. The lowest BCUT2D eigenvalue weighted by Crippen LogP contribution is -2.31. The molecule has 0 aliphatic carbocycles. The van der Waals surface area contributed by atoms with Gasteiger partial charge in [-0.15, -0.1) is 0 Å². The fourth-order valence-corrected chi connectivity index (χ4v) is 1.19. The van der Waals surface area contributed by atoms with Crippen LogP contribution in [0.15, 0.2) is 30.3 Å². The summed E-state index contributed by atoms with van der Waals surface area (Å²) in [5.74, 6) is -2.43. The Kier molecular flexibility index (Phi) is 8.36. The largest absolute Gasteiger partial charge is 0.481 e. The maximum Gasteiger partial charge on any atom is 0.320 e. The number of hydrogen-bond donors (Lipinski definition) is 4. The first-order chi connectivity index (χ1) is 9.32. The molecule has 0 aliphatic rings. The van der Waals surface area contributed by atoms with Gasteiger partial charge in [0.1, 0.15) is 6.04 Å². The molecule has 0 aliphatic heterocycles. The molecule has 6 N–H and O–H groups in total.